The van der Waals surface area contributed by atoms with Crippen LogP contribution in [-0.2, 0) is 0 Å². The number of thioether (sulfide) groups is 1. The number of rotatable bonds is 3. The summed E-state index contributed by atoms with van der Waals surface area (Å²) in [6, 6.07) is 5.95. The van der Waals surface area contributed by atoms with E-state index >= 15 is 0 Å². The SMILES string of the molecule is CCC1CN(c2ccc(C(N)=S)c(Cl)c2)CCS1. The Morgan fingerprint density at radius 1 is 1.61 bits per heavy atom. The van der Waals surface area contributed by atoms with Gasteiger partial charge in [-0.25, -0.2) is 0 Å². The van der Waals surface area contributed by atoms with Crippen LogP contribution >= 0.6 is 35.6 Å². The largest absolute Gasteiger partial charge is 0.389 e. The van der Waals surface area contributed by atoms with Crippen LogP contribution in [0.15, 0.2) is 18.2 Å². The Kier molecular flexibility index (Phi) is 4.76. The minimum absolute atomic E-state index is 0.354. The first-order valence-corrected chi connectivity index (χ1v) is 7.91. The van der Waals surface area contributed by atoms with Gasteiger partial charge in [0.1, 0.15) is 4.99 Å². The molecule has 0 aromatic heterocycles. The first-order valence-electron chi connectivity index (χ1n) is 6.07. The van der Waals surface area contributed by atoms with E-state index in [0.29, 0.717) is 15.3 Å². The summed E-state index contributed by atoms with van der Waals surface area (Å²) in [5.41, 5.74) is 7.54. The van der Waals surface area contributed by atoms with Gasteiger partial charge in [0.2, 0.25) is 0 Å². The summed E-state index contributed by atoms with van der Waals surface area (Å²) < 4.78 is 0. The molecule has 1 unspecified atom stereocenters. The van der Waals surface area contributed by atoms with Crippen molar-refractivity contribution >= 4 is 46.3 Å². The van der Waals surface area contributed by atoms with E-state index in [1.54, 1.807) is 0 Å². The van der Waals surface area contributed by atoms with E-state index in [0.717, 1.165) is 18.7 Å². The van der Waals surface area contributed by atoms with Crippen molar-refractivity contribution in [3.8, 4) is 0 Å². The van der Waals surface area contributed by atoms with Crippen LogP contribution in [0.25, 0.3) is 0 Å². The number of nitrogens with zero attached hydrogens (tertiary/aromatic N) is 1. The molecule has 1 saturated heterocycles. The Hall–Kier alpha value is -0.450. The monoisotopic (exact) mass is 300 g/mol. The lowest BCUT2D eigenvalue weighted by Gasteiger charge is -2.33. The van der Waals surface area contributed by atoms with E-state index in [1.165, 1.54) is 17.9 Å². The molecule has 98 valence electrons. The zero-order chi connectivity index (χ0) is 13.1. The molecule has 0 saturated carbocycles. The van der Waals surface area contributed by atoms with Crippen molar-refractivity contribution in [1.29, 1.82) is 0 Å². The Morgan fingerprint density at radius 2 is 2.39 bits per heavy atom. The van der Waals surface area contributed by atoms with E-state index in [9.17, 15) is 0 Å². The van der Waals surface area contributed by atoms with E-state index in [2.05, 4.69) is 29.7 Å². The molecular formula is C13H17ClN2S2. The molecule has 1 aliphatic heterocycles. The zero-order valence-corrected chi connectivity index (χ0v) is 12.7. The first kappa shape index (κ1) is 14.0. The predicted molar refractivity (Wildman–Crippen MR) is 86.1 cm³/mol. The fourth-order valence-electron chi connectivity index (χ4n) is 2.10. The number of benzene rings is 1. The summed E-state index contributed by atoms with van der Waals surface area (Å²) in [6.45, 7) is 4.40. The van der Waals surface area contributed by atoms with Crippen molar-refractivity contribution < 1.29 is 0 Å². The van der Waals surface area contributed by atoms with E-state index in [4.69, 9.17) is 29.6 Å². The normalized spacial score (nSPS) is 19.9. The van der Waals surface area contributed by atoms with Gasteiger partial charge < -0.3 is 10.6 Å². The van der Waals surface area contributed by atoms with Gasteiger partial charge in [0.05, 0.1) is 5.02 Å². The van der Waals surface area contributed by atoms with Gasteiger partial charge in [0.25, 0.3) is 0 Å². The minimum Gasteiger partial charge on any atom is -0.389 e. The van der Waals surface area contributed by atoms with Crippen molar-refractivity contribution in [2.24, 2.45) is 5.73 Å². The lowest BCUT2D eigenvalue weighted by Crippen LogP contribution is -2.37. The molecule has 2 N–H and O–H groups in total. The number of hydrogen-bond acceptors (Lipinski definition) is 3. The maximum absolute atomic E-state index is 6.21. The molecule has 5 heteroatoms. The summed E-state index contributed by atoms with van der Waals surface area (Å²) >= 11 is 13.2. The molecule has 1 aromatic carbocycles. The first-order chi connectivity index (χ1) is 8.61. The summed E-state index contributed by atoms with van der Waals surface area (Å²) in [5, 5.41) is 1.36. The molecule has 1 atom stereocenters. The Bertz CT molecular complexity index is 451. The van der Waals surface area contributed by atoms with E-state index in [1.807, 2.05) is 12.1 Å². The van der Waals surface area contributed by atoms with Crippen molar-refractivity contribution in [3.63, 3.8) is 0 Å². The molecule has 1 aliphatic rings. The van der Waals surface area contributed by atoms with Gasteiger partial charge >= 0.3 is 0 Å². The Balaban J connectivity index is 2.18. The minimum atomic E-state index is 0.354. The van der Waals surface area contributed by atoms with Crippen molar-refractivity contribution in [3.05, 3.63) is 28.8 Å². The molecule has 1 fully saturated rings. The molecule has 0 radical (unpaired) electrons. The van der Waals surface area contributed by atoms with Gasteiger partial charge in [-0.05, 0) is 24.6 Å². The lowest BCUT2D eigenvalue weighted by atomic mass is 10.1. The second-order valence-corrected chi connectivity index (χ2v) is 6.63. The van der Waals surface area contributed by atoms with Gasteiger partial charge in [0.15, 0.2) is 0 Å². The molecule has 0 spiro atoms. The third kappa shape index (κ3) is 3.11. The quantitative estimate of drug-likeness (QED) is 0.867. The highest BCUT2D eigenvalue weighted by Crippen LogP contribution is 2.28. The topological polar surface area (TPSA) is 29.3 Å². The third-order valence-electron chi connectivity index (χ3n) is 3.18. The maximum atomic E-state index is 6.21. The van der Waals surface area contributed by atoms with Gasteiger partial charge in [-0.15, -0.1) is 0 Å². The van der Waals surface area contributed by atoms with Gasteiger partial charge in [-0.2, -0.15) is 11.8 Å². The van der Waals surface area contributed by atoms with Crippen LogP contribution in [0.3, 0.4) is 0 Å². The highest BCUT2D eigenvalue weighted by atomic mass is 35.5. The summed E-state index contributed by atoms with van der Waals surface area (Å²) in [4.78, 5) is 2.74. The second-order valence-electron chi connectivity index (χ2n) is 4.38. The van der Waals surface area contributed by atoms with Crippen molar-refractivity contribution in [2.45, 2.75) is 18.6 Å². The molecule has 0 aliphatic carbocycles. The van der Waals surface area contributed by atoms with Crippen LogP contribution < -0.4 is 10.6 Å². The molecule has 0 amide bonds. The maximum Gasteiger partial charge on any atom is 0.105 e. The highest BCUT2D eigenvalue weighted by Gasteiger charge is 2.19. The van der Waals surface area contributed by atoms with Crippen molar-refractivity contribution in [2.75, 3.05) is 23.7 Å². The van der Waals surface area contributed by atoms with Crippen LogP contribution in [0, 0.1) is 0 Å². The van der Waals surface area contributed by atoms with Crippen LogP contribution in [0.4, 0.5) is 5.69 Å². The molecule has 0 bridgehead atoms. The fourth-order valence-corrected chi connectivity index (χ4v) is 3.79. The standard InChI is InChI=1S/C13H17ClN2S2/c1-2-10-8-16(5-6-18-10)9-3-4-11(13(15)17)12(14)7-9/h3-4,7,10H,2,5-6,8H2,1H3,(H2,15,17). The average molecular weight is 301 g/mol. The molecule has 2 rings (SSSR count). The smallest absolute Gasteiger partial charge is 0.105 e. The lowest BCUT2D eigenvalue weighted by molar-refractivity contribution is 0.728. The summed E-state index contributed by atoms with van der Waals surface area (Å²) in [5.74, 6) is 1.17. The van der Waals surface area contributed by atoms with Gasteiger partial charge in [-0.3, -0.25) is 0 Å². The average Bonchev–Trinajstić information content (AvgIpc) is 2.38. The Morgan fingerprint density at radius 3 is 3.00 bits per heavy atom. The molecule has 1 aromatic rings. The van der Waals surface area contributed by atoms with Crippen LogP contribution in [0.2, 0.25) is 5.02 Å². The van der Waals surface area contributed by atoms with Crippen LogP contribution in [0.5, 0.6) is 0 Å². The van der Waals surface area contributed by atoms with Crippen molar-refractivity contribution in [1.82, 2.24) is 0 Å². The summed E-state index contributed by atoms with van der Waals surface area (Å²) in [6.07, 6.45) is 1.21. The highest BCUT2D eigenvalue weighted by molar-refractivity contribution is 8.00. The molecule has 2 nitrogen and oxygen atoms in total. The summed E-state index contributed by atoms with van der Waals surface area (Å²) in [7, 11) is 0. The molecule has 18 heavy (non-hydrogen) atoms. The second kappa shape index (κ2) is 6.13. The van der Waals surface area contributed by atoms with Gasteiger partial charge in [0, 0.05) is 35.3 Å². The third-order valence-corrected chi connectivity index (χ3v) is 5.08. The van der Waals surface area contributed by atoms with E-state index in [-0.39, 0.29) is 0 Å². The number of thiocarbonyl (C=S) groups is 1. The predicted octanol–water partition coefficient (Wildman–Crippen LogP) is 3.31. The number of anilines is 1. The number of nitrogens with two attached hydrogens (primary N) is 1. The Labute approximate surface area is 123 Å². The number of halogens is 1. The van der Waals surface area contributed by atoms with Crippen LogP contribution in [-0.4, -0.2) is 29.1 Å². The van der Waals surface area contributed by atoms with Crippen LogP contribution in [0.1, 0.15) is 18.9 Å². The van der Waals surface area contributed by atoms with E-state index < -0.39 is 0 Å². The van der Waals surface area contributed by atoms with Gasteiger partial charge in [-0.1, -0.05) is 30.7 Å². The number of hydrogen-bond donors (Lipinski definition) is 1. The zero-order valence-electron chi connectivity index (χ0n) is 10.4. The fraction of sp³-hybridized carbons (Fsp3) is 0.462. The molecule has 1 heterocycles. The molecular weight excluding hydrogens is 284 g/mol.